The van der Waals surface area contributed by atoms with Gasteiger partial charge in [0.05, 0.1) is 0 Å². The number of halogens is 3. The molecule has 8 heteroatoms. The summed E-state index contributed by atoms with van der Waals surface area (Å²) in [6.45, 7) is 1.94. The standard InChI is InChI=1S/C25H29Cl2IN2O3/c1-2-23(25(32)29-20-6-4-3-5-7-20)30(15-17-8-9-18(26)14-22(17)27)24(31)16-33-21-12-10-19(28)11-13-21/h8-14,20,23H,2-7,15-16H2,1H3,(H,29,32). The van der Waals surface area contributed by atoms with Crippen LogP contribution in [0.15, 0.2) is 42.5 Å². The summed E-state index contributed by atoms with van der Waals surface area (Å²) in [7, 11) is 0. The van der Waals surface area contributed by atoms with E-state index in [4.69, 9.17) is 27.9 Å². The number of hydrogen-bond donors (Lipinski definition) is 1. The fraction of sp³-hybridized carbons (Fsp3) is 0.440. The van der Waals surface area contributed by atoms with E-state index in [1.54, 1.807) is 23.1 Å². The molecule has 0 heterocycles. The van der Waals surface area contributed by atoms with Gasteiger partial charge in [0.2, 0.25) is 5.91 Å². The third-order valence-corrected chi connectivity index (χ3v) is 7.18. The van der Waals surface area contributed by atoms with Crippen LogP contribution in [-0.2, 0) is 16.1 Å². The first-order chi connectivity index (χ1) is 15.9. The predicted molar refractivity (Wildman–Crippen MR) is 141 cm³/mol. The highest BCUT2D eigenvalue weighted by atomic mass is 127. The molecule has 5 nitrogen and oxygen atoms in total. The predicted octanol–water partition coefficient (Wildman–Crippen LogP) is 6.23. The number of carbonyl (C=O) groups is 2. The van der Waals surface area contributed by atoms with E-state index in [2.05, 4.69) is 27.9 Å². The fourth-order valence-corrected chi connectivity index (χ4v) is 4.88. The fourth-order valence-electron chi connectivity index (χ4n) is 4.06. The van der Waals surface area contributed by atoms with Crippen LogP contribution in [0.3, 0.4) is 0 Å². The molecule has 1 atom stereocenters. The molecule has 0 aromatic heterocycles. The first-order valence-electron chi connectivity index (χ1n) is 11.3. The van der Waals surface area contributed by atoms with E-state index in [9.17, 15) is 9.59 Å². The lowest BCUT2D eigenvalue weighted by Gasteiger charge is -2.33. The van der Waals surface area contributed by atoms with Crippen molar-refractivity contribution in [2.24, 2.45) is 0 Å². The smallest absolute Gasteiger partial charge is 0.261 e. The molecule has 2 aromatic carbocycles. The lowest BCUT2D eigenvalue weighted by atomic mass is 9.95. The number of rotatable bonds is 9. The monoisotopic (exact) mass is 602 g/mol. The molecule has 33 heavy (non-hydrogen) atoms. The van der Waals surface area contributed by atoms with E-state index in [1.165, 1.54) is 6.42 Å². The average Bonchev–Trinajstić information content (AvgIpc) is 2.80. The molecule has 0 saturated heterocycles. The maximum absolute atomic E-state index is 13.3. The van der Waals surface area contributed by atoms with Crippen LogP contribution in [0.2, 0.25) is 10.0 Å². The van der Waals surface area contributed by atoms with Gasteiger partial charge in [-0.25, -0.2) is 0 Å². The summed E-state index contributed by atoms with van der Waals surface area (Å²) in [5, 5.41) is 4.15. The van der Waals surface area contributed by atoms with Gasteiger partial charge < -0.3 is 15.0 Å². The van der Waals surface area contributed by atoms with Crippen LogP contribution in [0.25, 0.3) is 0 Å². The number of benzene rings is 2. The van der Waals surface area contributed by atoms with Gasteiger partial charge >= 0.3 is 0 Å². The summed E-state index contributed by atoms with van der Waals surface area (Å²) in [6, 6.07) is 12.2. The Hall–Kier alpha value is -1.51. The second kappa shape index (κ2) is 12.8. The van der Waals surface area contributed by atoms with Crippen molar-refractivity contribution in [2.45, 2.75) is 64.1 Å². The van der Waals surface area contributed by atoms with Crippen molar-refractivity contribution in [3.05, 3.63) is 61.6 Å². The highest BCUT2D eigenvalue weighted by Crippen LogP contribution is 2.24. The Balaban J connectivity index is 1.77. The van der Waals surface area contributed by atoms with Gasteiger partial charge in [-0.15, -0.1) is 0 Å². The molecule has 1 saturated carbocycles. The minimum absolute atomic E-state index is 0.128. The maximum atomic E-state index is 13.3. The lowest BCUT2D eigenvalue weighted by molar-refractivity contribution is -0.143. The average molecular weight is 603 g/mol. The van der Waals surface area contributed by atoms with Crippen molar-refractivity contribution < 1.29 is 14.3 Å². The number of nitrogens with zero attached hydrogens (tertiary/aromatic N) is 1. The van der Waals surface area contributed by atoms with Gasteiger partial charge in [-0.3, -0.25) is 9.59 Å². The Bertz CT molecular complexity index is 949. The van der Waals surface area contributed by atoms with Crippen LogP contribution in [0.4, 0.5) is 0 Å². The molecule has 1 N–H and O–H groups in total. The first kappa shape index (κ1) is 26.1. The summed E-state index contributed by atoms with van der Waals surface area (Å²) >= 11 is 14.7. The van der Waals surface area contributed by atoms with Gasteiger partial charge in [0.15, 0.2) is 6.61 Å². The topological polar surface area (TPSA) is 58.6 Å². The van der Waals surface area contributed by atoms with Crippen molar-refractivity contribution in [1.82, 2.24) is 10.2 Å². The largest absolute Gasteiger partial charge is 0.484 e. The van der Waals surface area contributed by atoms with Crippen molar-refractivity contribution in [3.8, 4) is 5.75 Å². The molecular formula is C25H29Cl2IN2O3. The number of nitrogens with one attached hydrogen (secondary N) is 1. The van der Waals surface area contributed by atoms with E-state index in [0.29, 0.717) is 22.2 Å². The van der Waals surface area contributed by atoms with E-state index in [0.717, 1.165) is 34.8 Å². The van der Waals surface area contributed by atoms with Gasteiger partial charge in [0.25, 0.3) is 5.91 Å². The Morgan fingerprint density at radius 2 is 1.82 bits per heavy atom. The Kier molecular flexibility index (Phi) is 10.1. The van der Waals surface area contributed by atoms with Crippen LogP contribution < -0.4 is 10.1 Å². The Labute approximate surface area is 219 Å². The third-order valence-electron chi connectivity index (χ3n) is 5.87. The molecule has 0 radical (unpaired) electrons. The van der Waals surface area contributed by atoms with Gasteiger partial charge in [-0.05, 0) is 83.8 Å². The van der Waals surface area contributed by atoms with Crippen LogP contribution in [-0.4, -0.2) is 35.4 Å². The SMILES string of the molecule is CCC(C(=O)NC1CCCCC1)N(Cc1ccc(Cl)cc1Cl)C(=O)COc1ccc(I)cc1. The molecule has 2 aromatic rings. The molecule has 1 aliphatic carbocycles. The zero-order valence-electron chi connectivity index (χ0n) is 18.7. The Morgan fingerprint density at radius 3 is 2.45 bits per heavy atom. The number of ether oxygens (including phenoxy) is 1. The normalized spacial score (nSPS) is 15.0. The second-order valence-corrected chi connectivity index (χ2v) is 10.4. The zero-order valence-corrected chi connectivity index (χ0v) is 22.3. The molecule has 1 unspecified atom stereocenters. The van der Waals surface area contributed by atoms with Gasteiger partial charge in [-0.1, -0.05) is 55.5 Å². The maximum Gasteiger partial charge on any atom is 0.261 e. The molecule has 0 aliphatic heterocycles. The molecule has 0 spiro atoms. The van der Waals surface area contributed by atoms with E-state index < -0.39 is 6.04 Å². The van der Waals surface area contributed by atoms with Crippen molar-refractivity contribution in [3.63, 3.8) is 0 Å². The van der Waals surface area contributed by atoms with Crippen molar-refractivity contribution in [2.75, 3.05) is 6.61 Å². The number of amides is 2. The molecule has 3 rings (SSSR count). The molecular weight excluding hydrogens is 574 g/mol. The molecule has 178 valence electrons. The summed E-state index contributed by atoms with van der Waals surface area (Å²) in [5.74, 6) is 0.204. The summed E-state index contributed by atoms with van der Waals surface area (Å²) in [5.41, 5.74) is 0.729. The van der Waals surface area contributed by atoms with Gasteiger partial charge in [0, 0.05) is 26.2 Å². The van der Waals surface area contributed by atoms with E-state index in [-0.39, 0.29) is 31.0 Å². The molecule has 1 aliphatic rings. The van der Waals surface area contributed by atoms with Crippen LogP contribution >= 0.6 is 45.8 Å². The van der Waals surface area contributed by atoms with Crippen LogP contribution in [0.5, 0.6) is 5.75 Å². The number of hydrogen-bond acceptors (Lipinski definition) is 3. The second-order valence-electron chi connectivity index (χ2n) is 8.27. The molecule has 1 fully saturated rings. The minimum Gasteiger partial charge on any atom is -0.484 e. The Morgan fingerprint density at radius 1 is 1.12 bits per heavy atom. The highest BCUT2D eigenvalue weighted by Gasteiger charge is 2.31. The van der Waals surface area contributed by atoms with Gasteiger partial charge in [0.1, 0.15) is 11.8 Å². The minimum atomic E-state index is -0.619. The summed E-state index contributed by atoms with van der Waals surface area (Å²) < 4.78 is 6.81. The van der Waals surface area contributed by atoms with Crippen molar-refractivity contribution >= 4 is 57.6 Å². The zero-order chi connectivity index (χ0) is 23.8. The summed E-state index contributed by atoms with van der Waals surface area (Å²) in [6.07, 6.45) is 5.89. The quantitative estimate of drug-likeness (QED) is 0.346. The van der Waals surface area contributed by atoms with E-state index >= 15 is 0 Å². The van der Waals surface area contributed by atoms with Gasteiger partial charge in [-0.2, -0.15) is 0 Å². The van der Waals surface area contributed by atoms with Crippen LogP contribution in [0, 0.1) is 3.57 Å². The third kappa shape index (κ3) is 7.76. The molecule has 0 bridgehead atoms. The van der Waals surface area contributed by atoms with E-state index in [1.807, 2.05) is 31.2 Å². The summed E-state index contributed by atoms with van der Waals surface area (Å²) in [4.78, 5) is 28.1. The van der Waals surface area contributed by atoms with Crippen LogP contribution in [0.1, 0.15) is 51.0 Å². The highest BCUT2D eigenvalue weighted by molar-refractivity contribution is 14.1. The molecule has 2 amide bonds. The lowest BCUT2D eigenvalue weighted by Crippen LogP contribution is -2.52. The van der Waals surface area contributed by atoms with Crippen molar-refractivity contribution in [1.29, 1.82) is 0 Å². The first-order valence-corrected chi connectivity index (χ1v) is 13.1. The number of carbonyl (C=O) groups excluding carboxylic acids is 2.